The predicted octanol–water partition coefficient (Wildman–Crippen LogP) is 2.38. The minimum Gasteiger partial charge on any atom is -0.383 e. The molecule has 0 aliphatic carbocycles. The van der Waals surface area contributed by atoms with E-state index in [1.54, 1.807) is 15.6 Å². The lowest BCUT2D eigenvalue weighted by atomic mass is 10.0. The average molecular weight is 267 g/mol. The van der Waals surface area contributed by atoms with E-state index < -0.39 is 0 Å². The highest BCUT2D eigenvalue weighted by molar-refractivity contribution is 5.87. The summed E-state index contributed by atoms with van der Waals surface area (Å²) < 4.78 is 3.47. The Labute approximate surface area is 117 Å². The average Bonchev–Trinajstić information content (AvgIpc) is 2.97. The van der Waals surface area contributed by atoms with Crippen LogP contribution in [0, 0.1) is 6.92 Å². The molecule has 102 valence electrons. The molecule has 0 aliphatic rings. The third-order valence-electron chi connectivity index (χ3n) is 3.41. The van der Waals surface area contributed by atoms with Crippen molar-refractivity contribution in [2.75, 3.05) is 5.73 Å². The second-order valence-electron chi connectivity index (χ2n) is 5.00. The lowest BCUT2D eigenvalue weighted by Gasteiger charge is -2.03. The van der Waals surface area contributed by atoms with Crippen LogP contribution < -0.4 is 5.73 Å². The first-order valence-electron chi connectivity index (χ1n) is 6.45. The summed E-state index contributed by atoms with van der Waals surface area (Å²) in [6.45, 7) is 2.07. The van der Waals surface area contributed by atoms with Gasteiger partial charge in [-0.15, -0.1) is 0 Å². The Morgan fingerprint density at radius 2 is 1.75 bits per heavy atom. The molecule has 0 saturated carbocycles. The molecule has 0 unspecified atom stereocenters. The Morgan fingerprint density at radius 1 is 1.05 bits per heavy atom. The number of aryl methyl sites for hydroxylation is 3. The van der Waals surface area contributed by atoms with Crippen molar-refractivity contribution in [1.29, 1.82) is 0 Å². The van der Waals surface area contributed by atoms with Gasteiger partial charge in [-0.25, -0.2) is 0 Å². The molecular formula is C15H17N5. The van der Waals surface area contributed by atoms with Crippen LogP contribution in [0.2, 0.25) is 0 Å². The first-order valence-corrected chi connectivity index (χ1v) is 6.45. The molecule has 0 aliphatic heterocycles. The molecule has 2 heterocycles. The smallest absolute Gasteiger partial charge is 0.129 e. The molecule has 1 aromatic carbocycles. The molecule has 0 saturated heterocycles. The van der Waals surface area contributed by atoms with Gasteiger partial charge in [-0.3, -0.25) is 9.36 Å². The third kappa shape index (κ3) is 1.97. The summed E-state index contributed by atoms with van der Waals surface area (Å²) in [5.74, 6) is 0.660. The second-order valence-corrected chi connectivity index (χ2v) is 5.00. The van der Waals surface area contributed by atoms with Gasteiger partial charge in [-0.2, -0.15) is 10.2 Å². The van der Waals surface area contributed by atoms with Crippen LogP contribution in [-0.4, -0.2) is 19.6 Å². The molecule has 3 rings (SSSR count). The highest BCUT2D eigenvalue weighted by atomic mass is 15.3. The van der Waals surface area contributed by atoms with Crippen molar-refractivity contribution < 1.29 is 0 Å². The van der Waals surface area contributed by atoms with Crippen molar-refractivity contribution >= 4 is 5.82 Å². The van der Waals surface area contributed by atoms with E-state index in [-0.39, 0.29) is 0 Å². The van der Waals surface area contributed by atoms with Gasteiger partial charge in [-0.05, 0) is 12.5 Å². The molecule has 5 heteroatoms. The molecule has 0 bridgehead atoms. The molecule has 0 amide bonds. The summed E-state index contributed by atoms with van der Waals surface area (Å²) in [7, 11) is 3.74. The minimum atomic E-state index is 0.660. The van der Waals surface area contributed by atoms with E-state index in [0.29, 0.717) is 5.82 Å². The molecule has 2 aromatic heterocycles. The van der Waals surface area contributed by atoms with Crippen molar-refractivity contribution in [3.63, 3.8) is 0 Å². The number of benzene rings is 1. The Balaban J connectivity index is 2.21. The zero-order valence-electron chi connectivity index (χ0n) is 11.8. The number of rotatable bonds is 2. The molecule has 0 fully saturated rings. The number of hydrogen-bond acceptors (Lipinski definition) is 3. The van der Waals surface area contributed by atoms with Crippen LogP contribution in [0.5, 0.6) is 0 Å². The zero-order chi connectivity index (χ0) is 14.3. The van der Waals surface area contributed by atoms with E-state index in [9.17, 15) is 0 Å². The fourth-order valence-corrected chi connectivity index (χ4v) is 2.29. The molecule has 20 heavy (non-hydrogen) atoms. The fraction of sp³-hybridized carbons (Fsp3) is 0.200. The zero-order valence-corrected chi connectivity index (χ0v) is 11.8. The summed E-state index contributed by atoms with van der Waals surface area (Å²) in [6, 6.07) is 8.30. The van der Waals surface area contributed by atoms with Crippen LogP contribution >= 0.6 is 0 Å². The van der Waals surface area contributed by atoms with Crippen LogP contribution in [-0.2, 0) is 14.1 Å². The maximum absolute atomic E-state index is 6.19. The SMILES string of the molecule is Cc1ccc(-c2c(-c3cnn(C)c3)nn(C)c2N)cc1. The van der Waals surface area contributed by atoms with Crippen molar-refractivity contribution in [2.45, 2.75) is 6.92 Å². The van der Waals surface area contributed by atoms with E-state index in [4.69, 9.17) is 5.73 Å². The van der Waals surface area contributed by atoms with E-state index in [2.05, 4.69) is 41.4 Å². The van der Waals surface area contributed by atoms with Gasteiger partial charge < -0.3 is 5.73 Å². The fourth-order valence-electron chi connectivity index (χ4n) is 2.29. The number of nitrogens with zero attached hydrogens (tertiary/aromatic N) is 4. The van der Waals surface area contributed by atoms with Crippen LogP contribution in [0.1, 0.15) is 5.56 Å². The molecule has 0 spiro atoms. The first kappa shape index (κ1) is 12.5. The van der Waals surface area contributed by atoms with Gasteiger partial charge in [0.1, 0.15) is 11.5 Å². The van der Waals surface area contributed by atoms with Gasteiger partial charge in [0.15, 0.2) is 0 Å². The summed E-state index contributed by atoms with van der Waals surface area (Å²) in [5.41, 5.74) is 11.3. The third-order valence-corrected chi connectivity index (χ3v) is 3.41. The molecule has 5 nitrogen and oxygen atoms in total. The molecule has 2 N–H and O–H groups in total. The lowest BCUT2D eigenvalue weighted by Crippen LogP contribution is -1.97. The highest BCUT2D eigenvalue weighted by Gasteiger charge is 2.18. The Bertz CT molecular complexity index is 749. The number of nitrogens with two attached hydrogens (primary N) is 1. The number of anilines is 1. The van der Waals surface area contributed by atoms with E-state index >= 15 is 0 Å². The Morgan fingerprint density at radius 3 is 2.35 bits per heavy atom. The molecule has 3 aromatic rings. The Kier molecular flexibility index (Phi) is 2.82. The predicted molar refractivity (Wildman–Crippen MR) is 80.0 cm³/mol. The quantitative estimate of drug-likeness (QED) is 0.775. The summed E-state index contributed by atoms with van der Waals surface area (Å²) in [6.07, 6.45) is 3.75. The van der Waals surface area contributed by atoms with Gasteiger partial charge in [-0.1, -0.05) is 29.8 Å². The normalized spacial score (nSPS) is 10.9. The topological polar surface area (TPSA) is 61.7 Å². The first-order chi connectivity index (χ1) is 9.56. The van der Waals surface area contributed by atoms with Gasteiger partial charge in [0.05, 0.1) is 11.8 Å². The van der Waals surface area contributed by atoms with Crippen molar-refractivity contribution in [2.24, 2.45) is 14.1 Å². The maximum Gasteiger partial charge on any atom is 0.129 e. The van der Waals surface area contributed by atoms with Crippen LogP contribution in [0.15, 0.2) is 36.7 Å². The summed E-state index contributed by atoms with van der Waals surface area (Å²) in [4.78, 5) is 0. The van der Waals surface area contributed by atoms with Crippen LogP contribution in [0.25, 0.3) is 22.4 Å². The van der Waals surface area contributed by atoms with Crippen molar-refractivity contribution in [3.8, 4) is 22.4 Å². The number of nitrogen functional groups attached to an aromatic ring is 1. The van der Waals surface area contributed by atoms with E-state index in [1.807, 2.05) is 20.3 Å². The largest absolute Gasteiger partial charge is 0.383 e. The lowest BCUT2D eigenvalue weighted by molar-refractivity contribution is 0.767. The number of aromatic nitrogens is 4. The van der Waals surface area contributed by atoms with E-state index in [1.165, 1.54) is 5.56 Å². The maximum atomic E-state index is 6.19. The van der Waals surface area contributed by atoms with Crippen LogP contribution in [0.3, 0.4) is 0 Å². The van der Waals surface area contributed by atoms with Crippen LogP contribution in [0.4, 0.5) is 5.82 Å². The summed E-state index contributed by atoms with van der Waals surface area (Å²) >= 11 is 0. The van der Waals surface area contributed by atoms with Gasteiger partial charge in [0.25, 0.3) is 0 Å². The number of hydrogen-bond donors (Lipinski definition) is 1. The Hall–Kier alpha value is -2.56. The van der Waals surface area contributed by atoms with Crippen molar-refractivity contribution in [1.82, 2.24) is 19.6 Å². The van der Waals surface area contributed by atoms with Crippen molar-refractivity contribution in [3.05, 3.63) is 42.2 Å². The molecular weight excluding hydrogens is 250 g/mol. The second kappa shape index (κ2) is 4.52. The minimum absolute atomic E-state index is 0.660. The molecule has 0 atom stereocenters. The standard InChI is InChI=1S/C15H17N5/c1-10-4-6-11(7-5-10)13-14(18-20(3)15(13)16)12-8-17-19(2)9-12/h4-9H,16H2,1-3H3. The summed E-state index contributed by atoms with van der Waals surface area (Å²) in [5, 5.41) is 8.74. The monoisotopic (exact) mass is 267 g/mol. The highest BCUT2D eigenvalue weighted by Crippen LogP contribution is 2.35. The van der Waals surface area contributed by atoms with Gasteiger partial charge in [0, 0.05) is 25.9 Å². The molecule has 0 radical (unpaired) electrons. The van der Waals surface area contributed by atoms with Gasteiger partial charge >= 0.3 is 0 Å². The van der Waals surface area contributed by atoms with E-state index in [0.717, 1.165) is 22.4 Å². The van der Waals surface area contributed by atoms with Gasteiger partial charge in [0.2, 0.25) is 0 Å².